The number of hydrogen-bond donors (Lipinski definition) is 0. The molecule has 0 aromatic carbocycles. The van der Waals surface area contributed by atoms with Crippen molar-refractivity contribution in [2.45, 2.75) is 25.6 Å². The van der Waals surface area contributed by atoms with E-state index < -0.39 is 11.2 Å². The summed E-state index contributed by atoms with van der Waals surface area (Å²) >= 11 is 2.19. The fraction of sp³-hybridized carbons (Fsp3) is 0.727. The van der Waals surface area contributed by atoms with Gasteiger partial charge in [-0.1, -0.05) is 6.08 Å². The molecule has 1 atom stereocenters. The van der Waals surface area contributed by atoms with Crippen molar-refractivity contribution in [3.63, 3.8) is 0 Å². The van der Waals surface area contributed by atoms with Crippen molar-refractivity contribution < 1.29 is 19.0 Å². The van der Waals surface area contributed by atoms with Crippen LogP contribution in [-0.2, 0) is 19.0 Å². The minimum atomic E-state index is -0.589. The molecular weight excluding hydrogens is 323 g/mol. The largest absolute Gasteiger partial charge is 0.468 e. The second kappa shape index (κ2) is 4.27. The third-order valence-electron chi connectivity index (χ3n) is 3.19. The normalized spacial score (nSPS) is 32.6. The molecule has 5 heteroatoms. The highest BCUT2D eigenvalue weighted by molar-refractivity contribution is 14.1. The molecule has 1 aliphatic heterocycles. The number of carbonyl (C=O) groups is 1. The van der Waals surface area contributed by atoms with Crippen molar-refractivity contribution in [3.05, 3.63) is 9.66 Å². The van der Waals surface area contributed by atoms with Gasteiger partial charge in [0.2, 0.25) is 5.79 Å². The Bertz CT molecular complexity index is 333. The van der Waals surface area contributed by atoms with Crippen LogP contribution < -0.4 is 0 Å². The van der Waals surface area contributed by atoms with Gasteiger partial charge in [-0.2, -0.15) is 0 Å². The van der Waals surface area contributed by atoms with E-state index in [0.717, 1.165) is 3.58 Å². The zero-order valence-corrected chi connectivity index (χ0v) is 11.6. The van der Waals surface area contributed by atoms with Crippen LogP contribution in [0.15, 0.2) is 9.66 Å². The quantitative estimate of drug-likeness (QED) is 0.542. The summed E-state index contributed by atoms with van der Waals surface area (Å²) in [6, 6.07) is 0. The maximum Gasteiger partial charge on any atom is 0.315 e. The second-order valence-corrected chi connectivity index (χ2v) is 5.51. The Morgan fingerprint density at radius 1 is 1.44 bits per heavy atom. The summed E-state index contributed by atoms with van der Waals surface area (Å²) < 4.78 is 17.1. The van der Waals surface area contributed by atoms with E-state index in [1.54, 1.807) is 0 Å². The molecular formula is C11H15IO4. The molecule has 0 amide bonds. The number of esters is 1. The summed E-state index contributed by atoms with van der Waals surface area (Å²) in [5, 5.41) is 0. The third kappa shape index (κ3) is 1.89. The molecule has 0 aromatic rings. The molecule has 2 aliphatic rings. The zero-order chi connectivity index (χ0) is 11.8. The standard InChI is InChI=1S/C11H15IO4/c1-10(9(13)14-2)3-4-11(8(12)7-10)15-5-6-16-11/h7H,3-6H2,1-2H3. The summed E-state index contributed by atoms with van der Waals surface area (Å²) in [6.07, 6.45) is 3.30. The van der Waals surface area contributed by atoms with Crippen LogP contribution in [0.3, 0.4) is 0 Å². The first kappa shape index (κ1) is 12.3. The average molecular weight is 338 g/mol. The van der Waals surface area contributed by atoms with Gasteiger partial charge in [0.1, 0.15) is 0 Å². The van der Waals surface area contributed by atoms with E-state index in [2.05, 4.69) is 22.6 Å². The molecule has 4 nitrogen and oxygen atoms in total. The van der Waals surface area contributed by atoms with Gasteiger partial charge in [-0.05, 0) is 35.9 Å². The van der Waals surface area contributed by atoms with Gasteiger partial charge in [-0.3, -0.25) is 4.79 Å². The van der Waals surface area contributed by atoms with Gasteiger partial charge in [0.05, 0.1) is 25.7 Å². The van der Waals surface area contributed by atoms with Gasteiger partial charge in [0.15, 0.2) is 0 Å². The Morgan fingerprint density at radius 3 is 2.56 bits per heavy atom. The number of ether oxygens (including phenoxy) is 3. The van der Waals surface area contributed by atoms with Crippen LogP contribution in [-0.4, -0.2) is 32.1 Å². The first-order valence-corrected chi connectivity index (χ1v) is 6.35. The topological polar surface area (TPSA) is 44.8 Å². The Morgan fingerprint density at radius 2 is 2.06 bits per heavy atom. The van der Waals surface area contributed by atoms with E-state index >= 15 is 0 Å². The molecule has 16 heavy (non-hydrogen) atoms. The van der Waals surface area contributed by atoms with Crippen LogP contribution in [0.25, 0.3) is 0 Å². The number of halogens is 1. The van der Waals surface area contributed by atoms with Crippen LogP contribution in [0.4, 0.5) is 0 Å². The van der Waals surface area contributed by atoms with Crippen LogP contribution in [0.2, 0.25) is 0 Å². The molecule has 1 saturated heterocycles. The number of carbonyl (C=O) groups excluding carboxylic acids is 1. The van der Waals surface area contributed by atoms with E-state index in [0.29, 0.717) is 26.1 Å². The first-order valence-electron chi connectivity index (χ1n) is 5.28. The second-order valence-electron chi connectivity index (χ2n) is 4.35. The summed E-state index contributed by atoms with van der Waals surface area (Å²) in [5.41, 5.74) is -0.550. The predicted octanol–water partition coefficient (Wildman–Crippen LogP) is 2.02. The van der Waals surface area contributed by atoms with Crippen molar-refractivity contribution in [3.8, 4) is 0 Å². The molecule has 0 saturated carbocycles. The monoisotopic (exact) mass is 338 g/mol. The molecule has 1 fully saturated rings. The van der Waals surface area contributed by atoms with Crippen LogP contribution in [0.1, 0.15) is 19.8 Å². The molecule has 0 bridgehead atoms. The van der Waals surface area contributed by atoms with E-state index in [1.165, 1.54) is 7.11 Å². The number of rotatable bonds is 1. The molecule has 1 heterocycles. The Kier molecular flexibility index (Phi) is 3.29. The summed E-state index contributed by atoms with van der Waals surface area (Å²) in [5.74, 6) is -0.789. The van der Waals surface area contributed by atoms with E-state index in [1.807, 2.05) is 13.0 Å². The molecule has 0 aromatic heterocycles. The Balaban J connectivity index is 2.26. The molecule has 1 aliphatic carbocycles. The van der Waals surface area contributed by atoms with Crippen LogP contribution in [0.5, 0.6) is 0 Å². The molecule has 0 radical (unpaired) electrons. The summed E-state index contributed by atoms with van der Waals surface area (Å²) in [7, 11) is 1.42. The van der Waals surface area contributed by atoms with Crippen LogP contribution >= 0.6 is 22.6 Å². The van der Waals surface area contributed by atoms with E-state index in [4.69, 9.17) is 14.2 Å². The van der Waals surface area contributed by atoms with Crippen molar-refractivity contribution in [1.29, 1.82) is 0 Å². The zero-order valence-electron chi connectivity index (χ0n) is 9.42. The molecule has 1 unspecified atom stereocenters. The number of methoxy groups -OCH3 is 1. The smallest absolute Gasteiger partial charge is 0.315 e. The molecule has 0 N–H and O–H groups in total. The lowest BCUT2D eigenvalue weighted by Gasteiger charge is -2.37. The SMILES string of the molecule is COC(=O)C1(C)C=C(I)C2(CC1)OCCO2. The van der Waals surface area contributed by atoms with Crippen molar-refractivity contribution in [2.24, 2.45) is 5.41 Å². The highest BCUT2D eigenvalue weighted by Crippen LogP contribution is 2.46. The van der Waals surface area contributed by atoms with E-state index in [-0.39, 0.29) is 5.97 Å². The van der Waals surface area contributed by atoms with Gasteiger partial charge >= 0.3 is 5.97 Å². The fourth-order valence-electron chi connectivity index (χ4n) is 2.14. The fourth-order valence-corrected chi connectivity index (χ4v) is 3.40. The number of hydrogen-bond acceptors (Lipinski definition) is 4. The predicted molar refractivity (Wildman–Crippen MR) is 66.1 cm³/mol. The highest BCUT2D eigenvalue weighted by atomic mass is 127. The Labute approximate surface area is 108 Å². The lowest BCUT2D eigenvalue weighted by Crippen LogP contribution is -2.40. The molecule has 1 spiro atoms. The van der Waals surface area contributed by atoms with Gasteiger partial charge in [-0.15, -0.1) is 0 Å². The third-order valence-corrected chi connectivity index (χ3v) is 4.32. The minimum absolute atomic E-state index is 0.200. The van der Waals surface area contributed by atoms with Gasteiger partial charge in [0, 0.05) is 10.0 Å². The van der Waals surface area contributed by atoms with Gasteiger partial charge in [0.25, 0.3) is 0 Å². The maximum atomic E-state index is 11.7. The summed E-state index contributed by atoms with van der Waals surface area (Å²) in [6.45, 7) is 3.13. The Hall–Kier alpha value is -0.140. The minimum Gasteiger partial charge on any atom is -0.468 e. The van der Waals surface area contributed by atoms with E-state index in [9.17, 15) is 4.79 Å². The van der Waals surface area contributed by atoms with Gasteiger partial charge < -0.3 is 14.2 Å². The summed E-state index contributed by atoms with van der Waals surface area (Å²) in [4.78, 5) is 11.7. The van der Waals surface area contributed by atoms with Crippen molar-refractivity contribution in [1.82, 2.24) is 0 Å². The van der Waals surface area contributed by atoms with Crippen molar-refractivity contribution >= 4 is 28.6 Å². The lowest BCUT2D eigenvalue weighted by atomic mass is 9.79. The maximum absolute atomic E-state index is 11.7. The van der Waals surface area contributed by atoms with Crippen molar-refractivity contribution in [2.75, 3.05) is 20.3 Å². The molecule has 90 valence electrons. The average Bonchev–Trinajstić information content (AvgIpc) is 2.73. The first-order chi connectivity index (χ1) is 7.52. The van der Waals surface area contributed by atoms with Crippen LogP contribution in [0, 0.1) is 5.41 Å². The highest BCUT2D eigenvalue weighted by Gasteiger charge is 2.48. The lowest BCUT2D eigenvalue weighted by molar-refractivity contribution is -0.157. The van der Waals surface area contributed by atoms with Gasteiger partial charge in [-0.25, -0.2) is 0 Å². The molecule has 2 rings (SSSR count).